The summed E-state index contributed by atoms with van der Waals surface area (Å²) in [6, 6.07) is 7.71. The van der Waals surface area contributed by atoms with Gasteiger partial charge in [0.1, 0.15) is 5.82 Å². The van der Waals surface area contributed by atoms with Crippen LogP contribution in [0.15, 0.2) is 35.7 Å². The lowest BCUT2D eigenvalue weighted by atomic mass is 10.1. The van der Waals surface area contributed by atoms with Crippen LogP contribution in [0.1, 0.15) is 16.5 Å². The van der Waals surface area contributed by atoms with E-state index in [1.165, 1.54) is 23.5 Å². The lowest BCUT2D eigenvalue weighted by molar-refractivity contribution is 0.624. The molecule has 0 aliphatic carbocycles. The number of nitrogens with two attached hydrogens (primary N) is 1. The summed E-state index contributed by atoms with van der Waals surface area (Å²) in [6.07, 6.45) is 0. The number of halogens is 2. The lowest BCUT2D eigenvalue weighted by Gasteiger charge is -2.10. The molecule has 0 bridgehead atoms. The van der Waals surface area contributed by atoms with Crippen LogP contribution in [-0.4, -0.2) is 0 Å². The van der Waals surface area contributed by atoms with Crippen molar-refractivity contribution in [3.63, 3.8) is 0 Å². The minimum absolute atomic E-state index is 0.282. The maximum atomic E-state index is 13.0. The van der Waals surface area contributed by atoms with Crippen molar-refractivity contribution in [3.05, 3.63) is 57.0 Å². The van der Waals surface area contributed by atoms with E-state index in [4.69, 9.17) is 17.3 Å². The van der Waals surface area contributed by atoms with Gasteiger partial charge in [0.15, 0.2) is 0 Å². The molecule has 1 atom stereocenters. The fourth-order valence-electron chi connectivity index (χ4n) is 1.38. The first-order valence-electron chi connectivity index (χ1n) is 4.42. The molecule has 0 spiro atoms. The van der Waals surface area contributed by atoms with Crippen LogP contribution >= 0.6 is 22.9 Å². The molecule has 1 heterocycles. The largest absolute Gasteiger partial charge is 0.320 e. The van der Waals surface area contributed by atoms with E-state index >= 15 is 0 Å². The molecule has 2 aromatic rings. The van der Waals surface area contributed by atoms with Crippen LogP contribution in [0.2, 0.25) is 5.02 Å². The van der Waals surface area contributed by atoms with E-state index in [1.54, 1.807) is 18.2 Å². The van der Waals surface area contributed by atoms with E-state index in [0.29, 0.717) is 5.02 Å². The van der Waals surface area contributed by atoms with Crippen molar-refractivity contribution < 1.29 is 4.39 Å². The number of hydrogen-bond donors (Lipinski definition) is 1. The Morgan fingerprint density at radius 3 is 2.73 bits per heavy atom. The van der Waals surface area contributed by atoms with Crippen LogP contribution in [0.3, 0.4) is 0 Å². The van der Waals surface area contributed by atoms with Crippen LogP contribution in [0.4, 0.5) is 4.39 Å². The van der Waals surface area contributed by atoms with E-state index < -0.39 is 0 Å². The molecule has 0 saturated heterocycles. The van der Waals surface area contributed by atoms with Gasteiger partial charge in [0.05, 0.1) is 11.1 Å². The van der Waals surface area contributed by atoms with Crippen LogP contribution in [0.25, 0.3) is 0 Å². The van der Waals surface area contributed by atoms with Gasteiger partial charge in [-0.15, -0.1) is 11.3 Å². The van der Waals surface area contributed by atoms with Gasteiger partial charge >= 0.3 is 0 Å². The Labute approximate surface area is 96.3 Å². The van der Waals surface area contributed by atoms with Crippen LogP contribution < -0.4 is 5.73 Å². The average molecular weight is 242 g/mol. The van der Waals surface area contributed by atoms with Crippen molar-refractivity contribution in [2.45, 2.75) is 6.04 Å². The summed E-state index contributed by atoms with van der Waals surface area (Å²) in [7, 11) is 0. The fraction of sp³-hybridized carbons (Fsp3) is 0.0909. The molecule has 1 aromatic heterocycles. The summed E-state index contributed by atoms with van der Waals surface area (Å²) in [5.74, 6) is -0.282. The van der Waals surface area contributed by atoms with Gasteiger partial charge < -0.3 is 5.73 Å². The van der Waals surface area contributed by atoms with Crippen molar-refractivity contribution in [1.29, 1.82) is 0 Å². The van der Waals surface area contributed by atoms with Gasteiger partial charge in [0.2, 0.25) is 0 Å². The molecular weight excluding hydrogens is 233 g/mol. The number of thiophene rings is 1. The van der Waals surface area contributed by atoms with Gasteiger partial charge in [-0.2, -0.15) is 0 Å². The second-order valence-corrected chi connectivity index (χ2v) is 4.52. The Balaban J connectivity index is 2.36. The van der Waals surface area contributed by atoms with E-state index in [9.17, 15) is 4.39 Å². The van der Waals surface area contributed by atoms with Crippen molar-refractivity contribution in [2.75, 3.05) is 0 Å². The summed E-state index contributed by atoms with van der Waals surface area (Å²) in [5.41, 5.74) is 6.73. The molecule has 1 nitrogen and oxygen atoms in total. The van der Waals surface area contributed by atoms with Crippen molar-refractivity contribution in [1.82, 2.24) is 0 Å². The lowest BCUT2D eigenvalue weighted by Crippen LogP contribution is -2.10. The number of rotatable bonds is 2. The van der Waals surface area contributed by atoms with Gasteiger partial charge in [-0.05, 0) is 29.1 Å². The molecule has 78 valence electrons. The Hall–Kier alpha value is -0.900. The maximum absolute atomic E-state index is 13.0. The minimum Gasteiger partial charge on any atom is -0.320 e. The SMILES string of the molecule is NC(c1cccc(F)c1)c1sccc1Cl. The number of benzene rings is 1. The maximum Gasteiger partial charge on any atom is 0.123 e. The first kappa shape index (κ1) is 10.6. The van der Waals surface area contributed by atoms with Crippen LogP contribution in [0, 0.1) is 5.82 Å². The van der Waals surface area contributed by atoms with Gasteiger partial charge in [-0.3, -0.25) is 0 Å². The molecule has 0 aliphatic heterocycles. The van der Waals surface area contributed by atoms with Gasteiger partial charge in [-0.25, -0.2) is 4.39 Å². The highest BCUT2D eigenvalue weighted by molar-refractivity contribution is 7.10. The molecule has 1 aromatic carbocycles. The standard InChI is InChI=1S/C11H9ClFNS/c12-9-4-5-15-11(9)10(14)7-2-1-3-8(13)6-7/h1-6,10H,14H2. The third-order valence-corrected chi connectivity index (χ3v) is 3.58. The monoisotopic (exact) mass is 241 g/mol. The Kier molecular flexibility index (Phi) is 3.05. The molecule has 0 aliphatic rings. The fourth-order valence-corrected chi connectivity index (χ4v) is 2.58. The number of hydrogen-bond acceptors (Lipinski definition) is 2. The normalized spacial score (nSPS) is 12.7. The summed E-state index contributed by atoms with van der Waals surface area (Å²) in [4.78, 5) is 0.863. The third kappa shape index (κ3) is 2.20. The molecule has 1 unspecified atom stereocenters. The zero-order valence-corrected chi connectivity index (χ0v) is 9.36. The Bertz CT molecular complexity index is 469. The molecule has 4 heteroatoms. The van der Waals surface area contributed by atoms with E-state index in [-0.39, 0.29) is 11.9 Å². The van der Waals surface area contributed by atoms with E-state index in [1.807, 2.05) is 5.38 Å². The van der Waals surface area contributed by atoms with Crippen LogP contribution in [0.5, 0.6) is 0 Å². The smallest absolute Gasteiger partial charge is 0.123 e. The highest BCUT2D eigenvalue weighted by Gasteiger charge is 2.13. The first-order valence-corrected chi connectivity index (χ1v) is 5.68. The second kappa shape index (κ2) is 4.31. The predicted molar refractivity (Wildman–Crippen MR) is 61.8 cm³/mol. The van der Waals surface area contributed by atoms with Gasteiger partial charge in [0, 0.05) is 4.88 Å². The molecule has 15 heavy (non-hydrogen) atoms. The Morgan fingerprint density at radius 2 is 2.13 bits per heavy atom. The molecule has 0 fully saturated rings. The van der Waals surface area contributed by atoms with Gasteiger partial charge in [0.25, 0.3) is 0 Å². The Morgan fingerprint density at radius 1 is 1.33 bits per heavy atom. The second-order valence-electron chi connectivity index (χ2n) is 3.17. The molecule has 0 saturated carbocycles. The van der Waals surface area contributed by atoms with Crippen molar-refractivity contribution in [2.24, 2.45) is 5.73 Å². The van der Waals surface area contributed by atoms with Crippen LogP contribution in [-0.2, 0) is 0 Å². The van der Waals surface area contributed by atoms with Gasteiger partial charge in [-0.1, -0.05) is 23.7 Å². The highest BCUT2D eigenvalue weighted by Crippen LogP contribution is 2.31. The summed E-state index contributed by atoms with van der Waals surface area (Å²) in [6.45, 7) is 0. The molecule has 2 rings (SSSR count). The average Bonchev–Trinajstić information content (AvgIpc) is 2.63. The quantitative estimate of drug-likeness (QED) is 0.855. The highest BCUT2D eigenvalue weighted by atomic mass is 35.5. The molecular formula is C11H9ClFNS. The zero-order chi connectivity index (χ0) is 10.8. The van der Waals surface area contributed by atoms with E-state index in [2.05, 4.69) is 0 Å². The van der Waals surface area contributed by atoms with Crippen molar-refractivity contribution in [3.8, 4) is 0 Å². The van der Waals surface area contributed by atoms with E-state index in [0.717, 1.165) is 10.4 Å². The summed E-state index contributed by atoms with van der Waals surface area (Å²) in [5, 5.41) is 2.51. The van der Waals surface area contributed by atoms with Crippen molar-refractivity contribution >= 4 is 22.9 Å². The summed E-state index contributed by atoms with van der Waals surface area (Å²) >= 11 is 7.44. The third-order valence-electron chi connectivity index (χ3n) is 2.14. The molecule has 0 amide bonds. The molecule has 2 N–H and O–H groups in total. The zero-order valence-electron chi connectivity index (χ0n) is 7.78. The molecule has 0 radical (unpaired) electrons. The first-order chi connectivity index (χ1) is 7.18. The predicted octanol–water partition coefficient (Wildman–Crippen LogP) is 3.59. The summed E-state index contributed by atoms with van der Waals surface area (Å²) < 4.78 is 13.0. The minimum atomic E-state index is -0.354. The topological polar surface area (TPSA) is 26.0 Å².